The summed E-state index contributed by atoms with van der Waals surface area (Å²) in [7, 11) is 0. The number of nitrogens with two attached hydrogens (primary N) is 1. The van der Waals surface area contributed by atoms with Gasteiger partial charge in [0.25, 0.3) is 0 Å². The third-order valence-electron chi connectivity index (χ3n) is 3.45. The van der Waals surface area contributed by atoms with Gasteiger partial charge in [-0.3, -0.25) is 0 Å². The number of esters is 1. The molecule has 1 aromatic rings. The van der Waals surface area contributed by atoms with Gasteiger partial charge in [0.05, 0.1) is 5.69 Å². The second-order valence-corrected chi connectivity index (χ2v) is 5.16. The third-order valence-corrected chi connectivity index (χ3v) is 3.45. The number of rotatable bonds is 2. The highest BCUT2D eigenvalue weighted by atomic mass is 19.1. The fourth-order valence-electron chi connectivity index (χ4n) is 2.46. The predicted molar refractivity (Wildman–Crippen MR) is 67.6 cm³/mol. The summed E-state index contributed by atoms with van der Waals surface area (Å²) in [4.78, 5) is 11.9. The number of halogens is 2. The van der Waals surface area contributed by atoms with Crippen LogP contribution in [-0.2, 0) is 4.74 Å². The molecule has 1 fully saturated rings. The SMILES string of the molecule is CC1CCCC(OC(=O)c2cc(F)cc(N)c2F)C1. The van der Waals surface area contributed by atoms with Crippen molar-refractivity contribution in [3.05, 3.63) is 29.3 Å². The van der Waals surface area contributed by atoms with Gasteiger partial charge in [0.1, 0.15) is 17.5 Å². The Morgan fingerprint density at radius 2 is 2.11 bits per heavy atom. The molecule has 104 valence electrons. The molecule has 1 aliphatic rings. The standard InChI is InChI=1S/C14H17F2NO2/c1-8-3-2-4-10(5-8)19-14(18)11-6-9(15)7-12(17)13(11)16/h6-8,10H,2-5,17H2,1H3. The fourth-order valence-corrected chi connectivity index (χ4v) is 2.46. The largest absolute Gasteiger partial charge is 0.459 e. The summed E-state index contributed by atoms with van der Waals surface area (Å²) in [6.45, 7) is 2.08. The van der Waals surface area contributed by atoms with E-state index in [0.29, 0.717) is 5.92 Å². The van der Waals surface area contributed by atoms with Crippen LogP contribution < -0.4 is 5.73 Å². The average molecular weight is 269 g/mol. The Morgan fingerprint density at radius 1 is 1.37 bits per heavy atom. The lowest BCUT2D eigenvalue weighted by Gasteiger charge is -2.26. The minimum Gasteiger partial charge on any atom is -0.459 e. The molecule has 0 aromatic heterocycles. The van der Waals surface area contributed by atoms with E-state index < -0.39 is 23.2 Å². The number of hydrogen-bond acceptors (Lipinski definition) is 3. The Bertz CT molecular complexity index is 491. The average Bonchev–Trinajstić information content (AvgIpc) is 2.33. The Hall–Kier alpha value is -1.65. The molecular weight excluding hydrogens is 252 g/mol. The van der Waals surface area contributed by atoms with Gasteiger partial charge in [0.15, 0.2) is 5.82 Å². The fraction of sp³-hybridized carbons (Fsp3) is 0.500. The number of carbonyl (C=O) groups is 1. The van der Waals surface area contributed by atoms with E-state index in [4.69, 9.17) is 10.5 Å². The first kappa shape index (κ1) is 13.8. The molecule has 1 aliphatic carbocycles. The van der Waals surface area contributed by atoms with Crippen LogP contribution in [0.1, 0.15) is 43.0 Å². The lowest BCUT2D eigenvalue weighted by atomic mass is 9.89. The van der Waals surface area contributed by atoms with Gasteiger partial charge in [0, 0.05) is 0 Å². The smallest absolute Gasteiger partial charge is 0.341 e. The minimum absolute atomic E-state index is 0.222. The van der Waals surface area contributed by atoms with E-state index in [2.05, 4.69) is 6.92 Å². The van der Waals surface area contributed by atoms with Gasteiger partial charge in [-0.2, -0.15) is 0 Å². The van der Waals surface area contributed by atoms with Crippen LogP contribution in [0.25, 0.3) is 0 Å². The van der Waals surface area contributed by atoms with Crippen molar-refractivity contribution in [2.45, 2.75) is 38.7 Å². The molecule has 5 heteroatoms. The number of anilines is 1. The third kappa shape index (κ3) is 3.22. The number of benzene rings is 1. The molecule has 2 atom stereocenters. The Labute approximate surface area is 110 Å². The lowest BCUT2D eigenvalue weighted by molar-refractivity contribution is 0.0150. The summed E-state index contributed by atoms with van der Waals surface area (Å²) in [5.41, 5.74) is 4.47. The van der Waals surface area contributed by atoms with E-state index >= 15 is 0 Å². The minimum atomic E-state index is -0.921. The zero-order valence-electron chi connectivity index (χ0n) is 10.8. The second kappa shape index (κ2) is 5.55. The molecule has 0 radical (unpaired) electrons. The first-order valence-electron chi connectivity index (χ1n) is 6.43. The summed E-state index contributed by atoms with van der Waals surface area (Å²) in [6.07, 6.45) is 3.39. The molecule has 1 saturated carbocycles. The normalized spacial score (nSPS) is 23.1. The van der Waals surface area contributed by atoms with Gasteiger partial charge in [-0.1, -0.05) is 13.3 Å². The van der Waals surface area contributed by atoms with Crippen LogP contribution in [0.2, 0.25) is 0 Å². The highest BCUT2D eigenvalue weighted by molar-refractivity contribution is 5.91. The summed E-state index contributed by atoms with van der Waals surface area (Å²) >= 11 is 0. The molecule has 0 saturated heterocycles. The Balaban J connectivity index is 2.11. The van der Waals surface area contributed by atoms with Gasteiger partial charge in [-0.15, -0.1) is 0 Å². The lowest BCUT2D eigenvalue weighted by Crippen LogP contribution is -2.25. The van der Waals surface area contributed by atoms with Crippen LogP contribution in [0.5, 0.6) is 0 Å². The quantitative estimate of drug-likeness (QED) is 0.662. The van der Waals surface area contributed by atoms with E-state index in [1.807, 2.05) is 0 Å². The van der Waals surface area contributed by atoms with Crippen molar-refractivity contribution in [2.75, 3.05) is 5.73 Å². The summed E-state index contributed by atoms with van der Waals surface area (Å²) in [6, 6.07) is 1.66. The second-order valence-electron chi connectivity index (χ2n) is 5.16. The van der Waals surface area contributed by atoms with Crippen molar-refractivity contribution < 1.29 is 18.3 Å². The topological polar surface area (TPSA) is 52.3 Å². The zero-order valence-corrected chi connectivity index (χ0v) is 10.8. The van der Waals surface area contributed by atoms with Crippen molar-refractivity contribution in [3.63, 3.8) is 0 Å². The molecule has 2 unspecified atom stereocenters. The van der Waals surface area contributed by atoms with Gasteiger partial charge in [-0.25, -0.2) is 13.6 Å². The van der Waals surface area contributed by atoms with Crippen LogP contribution in [0.3, 0.4) is 0 Å². The highest BCUT2D eigenvalue weighted by Crippen LogP contribution is 2.27. The highest BCUT2D eigenvalue weighted by Gasteiger charge is 2.25. The monoisotopic (exact) mass is 269 g/mol. The maximum absolute atomic E-state index is 13.7. The van der Waals surface area contributed by atoms with Crippen LogP contribution in [0, 0.1) is 17.6 Å². The maximum atomic E-state index is 13.7. The van der Waals surface area contributed by atoms with Crippen molar-refractivity contribution in [1.82, 2.24) is 0 Å². The van der Waals surface area contributed by atoms with Crippen molar-refractivity contribution in [3.8, 4) is 0 Å². The zero-order chi connectivity index (χ0) is 14.0. The van der Waals surface area contributed by atoms with E-state index in [1.165, 1.54) is 0 Å². The Kier molecular flexibility index (Phi) is 4.02. The molecule has 0 bridgehead atoms. The molecular formula is C14H17F2NO2. The molecule has 0 aliphatic heterocycles. The molecule has 0 spiro atoms. The first-order chi connectivity index (χ1) is 8.97. The van der Waals surface area contributed by atoms with Crippen LogP contribution in [0.4, 0.5) is 14.5 Å². The van der Waals surface area contributed by atoms with Crippen molar-refractivity contribution >= 4 is 11.7 Å². The number of nitrogen functional groups attached to an aromatic ring is 1. The molecule has 2 N–H and O–H groups in total. The number of carbonyl (C=O) groups excluding carboxylic acids is 1. The van der Waals surface area contributed by atoms with E-state index in [9.17, 15) is 13.6 Å². The van der Waals surface area contributed by atoms with E-state index in [-0.39, 0.29) is 11.8 Å². The maximum Gasteiger partial charge on any atom is 0.341 e. The van der Waals surface area contributed by atoms with E-state index in [1.54, 1.807) is 0 Å². The predicted octanol–water partition coefficient (Wildman–Crippen LogP) is 3.28. The molecule has 19 heavy (non-hydrogen) atoms. The van der Waals surface area contributed by atoms with Crippen LogP contribution in [0.15, 0.2) is 12.1 Å². The van der Waals surface area contributed by atoms with Crippen molar-refractivity contribution in [1.29, 1.82) is 0 Å². The van der Waals surface area contributed by atoms with Gasteiger partial charge in [-0.05, 0) is 37.3 Å². The summed E-state index contributed by atoms with van der Waals surface area (Å²) in [5.74, 6) is -2.03. The van der Waals surface area contributed by atoms with Gasteiger partial charge < -0.3 is 10.5 Å². The van der Waals surface area contributed by atoms with E-state index in [0.717, 1.165) is 37.8 Å². The molecule has 0 heterocycles. The molecule has 2 rings (SSSR count). The van der Waals surface area contributed by atoms with Crippen LogP contribution >= 0.6 is 0 Å². The molecule has 0 amide bonds. The van der Waals surface area contributed by atoms with Gasteiger partial charge in [0.2, 0.25) is 0 Å². The number of ether oxygens (including phenoxy) is 1. The molecule has 3 nitrogen and oxygen atoms in total. The van der Waals surface area contributed by atoms with Crippen molar-refractivity contribution in [2.24, 2.45) is 5.92 Å². The Morgan fingerprint density at radius 3 is 2.79 bits per heavy atom. The van der Waals surface area contributed by atoms with Gasteiger partial charge >= 0.3 is 5.97 Å². The summed E-state index contributed by atoms with van der Waals surface area (Å²) in [5, 5.41) is 0. The molecule has 1 aromatic carbocycles. The number of hydrogen-bond donors (Lipinski definition) is 1. The first-order valence-corrected chi connectivity index (χ1v) is 6.43. The van der Waals surface area contributed by atoms with Crippen LogP contribution in [-0.4, -0.2) is 12.1 Å². The summed E-state index contributed by atoms with van der Waals surface area (Å²) < 4.78 is 32.1.